The molecule has 0 bridgehead atoms. The van der Waals surface area contributed by atoms with Crippen molar-refractivity contribution in [3.8, 4) is 0 Å². The van der Waals surface area contributed by atoms with Gasteiger partial charge in [0.15, 0.2) is 0 Å². The Labute approximate surface area is 61.8 Å². The first-order valence-corrected chi connectivity index (χ1v) is 3.82. The van der Waals surface area contributed by atoms with Crippen LogP contribution in [0.4, 0.5) is 0 Å². The molecular formula is C7H16N2O. The smallest absolute Gasteiger partial charge is 0.0633 e. The van der Waals surface area contributed by atoms with Crippen LogP contribution in [0.3, 0.4) is 0 Å². The minimum atomic E-state index is -0.478. The Kier molecular flexibility index (Phi) is 2.28. The number of nitrogens with zero attached hydrogens (tertiary/aromatic N) is 1. The number of nitrogens with two attached hydrogens (primary N) is 1. The summed E-state index contributed by atoms with van der Waals surface area (Å²) in [5.41, 5.74) is -0.478. The molecule has 0 amide bonds. The van der Waals surface area contributed by atoms with Crippen molar-refractivity contribution in [2.24, 2.45) is 5.84 Å². The summed E-state index contributed by atoms with van der Waals surface area (Å²) in [6.07, 6.45) is 2.67. The lowest BCUT2D eigenvalue weighted by atomic mass is 9.98. The van der Waals surface area contributed by atoms with Gasteiger partial charge in [0.05, 0.1) is 5.60 Å². The number of hydrazine groups is 1. The van der Waals surface area contributed by atoms with Crippen molar-refractivity contribution >= 4 is 0 Å². The zero-order valence-corrected chi connectivity index (χ0v) is 6.51. The van der Waals surface area contributed by atoms with Crippen LogP contribution in [0.2, 0.25) is 0 Å². The van der Waals surface area contributed by atoms with Gasteiger partial charge in [0, 0.05) is 13.1 Å². The molecule has 0 aliphatic carbocycles. The average molecular weight is 144 g/mol. The lowest BCUT2D eigenvalue weighted by molar-refractivity contribution is 0.0446. The molecule has 0 aromatic rings. The van der Waals surface area contributed by atoms with Crippen molar-refractivity contribution < 1.29 is 5.11 Å². The van der Waals surface area contributed by atoms with Crippen LogP contribution in [0.5, 0.6) is 0 Å². The topological polar surface area (TPSA) is 49.5 Å². The summed E-state index contributed by atoms with van der Waals surface area (Å²) in [6.45, 7) is 3.61. The normalized spacial score (nSPS) is 37.5. The Balaban J connectivity index is 2.41. The summed E-state index contributed by atoms with van der Waals surface area (Å²) in [5.74, 6) is 5.58. The maximum absolute atomic E-state index is 9.59. The lowest BCUT2D eigenvalue weighted by Crippen LogP contribution is -2.33. The zero-order valence-electron chi connectivity index (χ0n) is 6.51. The Morgan fingerprint density at radius 2 is 2.10 bits per heavy atom. The van der Waals surface area contributed by atoms with Crippen LogP contribution >= 0.6 is 0 Å². The summed E-state index contributed by atoms with van der Waals surface area (Å²) in [6, 6.07) is 0. The van der Waals surface area contributed by atoms with Gasteiger partial charge in [-0.2, -0.15) is 0 Å². The van der Waals surface area contributed by atoms with Crippen molar-refractivity contribution in [2.45, 2.75) is 31.8 Å². The highest BCUT2D eigenvalue weighted by Gasteiger charge is 2.23. The number of hydrogen-bond acceptors (Lipinski definition) is 3. The van der Waals surface area contributed by atoms with Crippen molar-refractivity contribution in [1.82, 2.24) is 5.01 Å². The van der Waals surface area contributed by atoms with Crippen molar-refractivity contribution in [3.05, 3.63) is 0 Å². The van der Waals surface area contributed by atoms with Gasteiger partial charge in [0.2, 0.25) is 0 Å². The molecule has 1 heterocycles. The Hall–Kier alpha value is -0.120. The third-order valence-corrected chi connectivity index (χ3v) is 2.10. The fourth-order valence-corrected chi connectivity index (χ4v) is 1.28. The van der Waals surface area contributed by atoms with E-state index in [2.05, 4.69) is 0 Å². The first kappa shape index (κ1) is 7.98. The summed E-state index contributed by atoms with van der Waals surface area (Å²) in [4.78, 5) is 0. The summed E-state index contributed by atoms with van der Waals surface area (Å²) in [7, 11) is 0. The van der Waals surface area contributed by atoms with Crippen LogP contribution in [0.15, 0.2) is 0 Å². The van der Waals surface area contributed by atoms with E-state index < -0.39 is 5.60 Å². The molecule has 10 heavy (non-hydrogen) atoms. The Morgan fingerprint density at radius 3 is 2.80 bits per heavy atom. The SMILES string of the molecule is CC1(O)CCCN(N)CC1. The van der Waals surface area contributed by atoms with Gasteiger partial charge in [0.1, 0.15) is 0 Å². The monoisotopic (exact) mass is 144 g/mol. The Morgan fingerprint density at radius 1 is 1.40 bits per heavy atom. The first-order chi connectivity index (χ1) is 4.60. The van der Waals surface area contributed by atoms with E-state index in [1.807, 2.05) is 6.92 Å². The third kappa shape index (κ3) is 2.25. The van der Waals surface area contributed by atoms with Gasteiger partial charge in [-0.1, -0.05) is 0 Å². The average Bonchev–Trinajstić information content (AvgIpc) is 1.94. The molecule has 0 aromatic carbocycles. The minimum Gasteiger partial charge on any atom is -0.390 e. The third-order valence-electron chi connectivity index (χ3n) is 2.10. The molecule has 1 atom stereocenters. The molecule has 3 N–H and O–H groups in total. The van der Waals surface area contributed by atoms with E-state index in [0.717, 1.165) is 32.4 Å². The van der Waals surface area contributed by atoms with Crippen LogP contribution in [0.25, 0.3) is 0 Å². The highest BCUT2D eigenvalue weighted by Crippen LogP contribution is 2.19. The van der Waals surface area contributed by atoms with E-state index in [1.54, 1.807) is 5.01 Å². The molecule has 1 rings (SSSR count). The van der Waals surface area contributed by atoms with E-state index in [-0.39, 0.29) is 0 Å². The van der Waals surface area contributed by atoms with Gasteiger partial charge in [0.25, 0.3) is 0 Å². The number of hydrogen-bond donors (Lipinski definition) is 2. The van der Waals surface area contributed by atoms with E-state index in [1.165, 1.54) is 0 Å². The second-order valence-corrected chi connectivity index (χ2v) is 3.39. The van der Waals surface area contributed by atoms with Crippen molar-refractivity contribution in [3.63, 3.8) is 0 Å². The number of rotatable bonds is 0. The van der Waals surface area contributed by atoms with Gasteiger partial charge in [-0.25, -0.2) is 5.01 Å². The van der Waals surface area contributed by atoms with Crippen LogP contribution in [0.1, 0.15) is 26.2 Å². The molecule has 1 aliphatic rings. The summed E-state index contributed by atoms with van der Waals surface area (Å²) < 4.78 is 0. The van der Waals surface area contributed by atoms with Gasteiger partial charge in [-0.05, 0) is 26.2 Å². The van der Waals surface area contributed by atoms with E-state index in [0.29, 0.717) is 0 Å². The molecule has 0 aromatic heterocycles. The minimum absolute atomic E-state index is 0.478. The highest BCUT2D eigenvalue weighted by molar-refractivity contribution is 4.76. The maximum Gasteiger partial charge on any atom is 0.0633 e. The fourth-order valence-electron chi connectivity index (χ4n) is 1.28. The molecule has 3 heteroatoms. The Bertz CT molecular complexity index is 114. The summed E-state index contributed by atoms with van der Waals surface area (Å²) >= 11 is 0. The van der Waals surface area contributed by atoms with Gasteiger partial charge in [-0.3, -0.25) is 5.84 Å². The van der Waals surface area contributed by atoms with E-state index >= 15 is 0 Å². The van der Waals surface area contributed by atoms with Crippen LogP contribution < -0.4 is 5.84 Å². The predicted octanol–water partition coefficient (Wildman–Crippen LogP) is 0.0970. The van der Waals surface area contributed by atoms with E-state index in [4.69, 9.17) is 5.84 Å². The van der Waals surface area contributed by atoms with Crippen LogP contribution in [-0.2, 0) is 0 Å². The number of aliphatic hydroxyl groups is 1. The van der Waals surface area contributed by atoms with Gasteiger partial charge >= 0.3 is 0 Å². The molecule has 1 unspecified atom stereocenters. The predicted molar refractivity (Wildman–Crippen MR) is 40.2 cm³/mol. The van der Waals surface area contributed by atoms with Crippen molar-refractivity contribution in [1.29, 1.82) is 0 Å². The molecule has 0 saturated carbocycles. The van der Waals surface area contributed by atoms with Crippen LogP contribution in [-0.4, -0.2) is 28.8 Å². The quantitative estimate of drug-likeness (QED) is 0.474. The molecule has 1 aliphatic heterocycles. The summed E-state index contributed by atoms with van der Waals surface area (Å²) in [5, 5.41) is 11.4. The van der Waals surface area contributed by atoms with Crippen LogP contribution in [0, 0.1) is 0 Å². The molecular weight excluding hydrogens is 128 g/mol. The van der Waals surface area contributed by atoms with Crippen molar-refractivity contribution in [2.75, 3.05) is 13.1 Å². The lowest BCUT2D eigenvalue weighted by Gasteiger charge is -2.19. The fraction of sp³-hybridized carbons (Fsp3) is 1.00. The highest BCUT2D eigenvalue weighted by atomic mass is 16.3. The second kappa shape index (κ2) is 2.86. The van der Waals surface area contributed by atoms with Gasteiger partial charge < -0.3 is 5.11 Å². The molecule has 0 radical (unpaired) electrons. The molecule has 60 valence electrons. The first-order valence-electron chi connectivity index (χ1n) is 3.82. The van der Waals surface area contributed by atoms with Gasteiger partial charge in [-0.15, -0.1) is 0 Å². The van der Waals surface area contributed by atoms with E-state index in [9.17, 15) is 5.11 Å². The molecule has 0 spiro atoms. The zero-order chi connectivity index (χ0) is 7.61. The molecule has 1 fully saturated rings. The second-order valence-electron chi connectivity index (χ2n) is 3.39. The standard InChI is InChI=1S/C7H16N2O/c1-7(10)3-2-5-9(8)6-4-7/h10H,2-6,8H2,1H3. The molecule has 3 nitrogen and oxygen atoms in total. The largest absolute Gasteiger partial charge is 0.390 e. The maximum atomic E-state index is 9.59. The molecule has 1 saturated heterocycles.